The maximum absolute atomic E-state index is 11.0. The first kappa shape index (κ1) is 16.9. The van der Waals surface area contributed by atoms with Crippen LogP contribution in [0.1, 0.15) is 65.7 Å². The molecular formula is C16H28O2. The first-order valence-electron chi connectivity index (χ1n) is 7.19. The molecule has 0 rings (SSSR count). The summed E-state index contributed by atoms with van der Waals surface area (Å²) in [7, 11) is 0. The van der Waals surface area contributed by atoms with Crippen LogP contribution in [0.25, 0.3) is 0 Å². The van der Waals surface area contributed by atoms with Gasteiger partial charge >= 0.3 is 5.97 Å². The van der Waals surface area contributed by atoms with Gasteiger partial charge in [0.15, 0.2) is 0 Å². The van der Waals surface area contributed by atoms with Gasteiger partial charge in [-0.2, -0.15) is 0 Å². The normalized spacial score (nSPS) is 13.3. The SMILES string of the molecule is CCC=C/C=C/CCCC(CCCC)OC(C)=O. The maximum Gasteiger partial charge on any atom is 0.302 e. The lowest BCUT2D eigenvalue weighted by Gasteiger charge is -2.16. The summed E-state index contributed by atoms with van der Waals surface area (Å²) in [5.74, 6) is -0.155. The van der Waals surface area contributed by atoms with Gasteiger partial charge in [-0.05, 0) is 32.1 Å². The number of hydrogen-bond donors (Lipinski definition) is 0. The molecule has 1 unspecified atom stereocenters. The Balaban J connectivity index is 3.77. The van der Waals surface area contributed by atoms with Crippen molar-refractivity contribution in [2.45, 2.75) is 71.8 Å². The fourth-order valence-corrected chi connectivity index (χ4v) is 1.78. The number of unbranched alkanes of at least 4 members (excludes halogenated alkanes) is 2. The van der Waals surface area contributed by atoms with Crippen LogP contribution in [0.2, 0.25) is 0 Å². The van der Waals surface area contributed by atoms with Gasteiger partial charge in [0.1, 0.15) is 6.10 Å². The van der Waals surface area contributed by atoms with E-state index in [-0.39, 0.29) is 12.1 Å². The second-order valence-electron chi connectivity index (χ2n) is 4.57. The second kappa shape index (κ2) is 12.4. The van der Waals surface area contributed by atoms with Crippen LogP contribution in [-0.4, -0.2) is 12.1 Å². The van der Waals surface area contributed by atoms with Crippen molar-refractivity contribution in [1.82, 2.24) is 0 Å². The Bertz CT molecular complexity index is 254. The van der Waals surface area contributed by atoms with Crippen molar-refractivity contribution in [3.8, 4) is 0 Å². The van der Waals surface area contributed by atoms with E-state index in [1.165, 1.54) is 6.92 Å². The molecule has 0 saturated heterocycles. The van der Waals surface area contributed by atoms with Crippen LogP contribution in [-0.2, 0) is 9.53 Å². The fraction of sp³-hybridized carbons (Fsp3) is 0.688. The molecule has 2 nitrogen and oxygen atoms in total. The Morgan fingerprint density at radius 3 is 2.39 bits per heavy atom. The van der Waals surface area contributed by atoms with Crippen molar-refractivity contribution >= 4 is 5.97 Å². The van der Waals surface area contributed by atoms with Gasteiger partial charge in [-0.15, -0.1) is 0 Å². The molecule has 104 valence electrons. The third kappa shape index (κ3) is 11.4. The number of hydrogen-bond acceptors (Lipinski definition) is 2. The van der Waals surface area contributed by atoms with Crippen molar-refractivity contribution < 1.29 is 9.53 Å². The summed E-state index contributed by atoms with van der Waals surface area (Å²) < 4.78 is 5.32. The number of rotatable bonds is 10. The van der Waals surface area contributed by atoms with Crippen LogP contribution in [0.4, 0.5) is 0 Å². The molecule has 0 aliphatic carbocycles. The van der Waals surface area contributed by atoms with Crippen LogP contribution in [0.5, 0.6) is 0 Å². The number of esters is 1. The molecule has 0 spiro atoms. The lowest BCUT2D eigenvalue weighted by Crippen LogP contribution is -2.16. The highest BCUT2D eigenvalue weighted by molar-refractivity contribution is 5.66. The zero-order chi connectivity index (χ0) is 13.6. The molecule has 2 heteroatoms. The predicted molar refractivity (Wildman–Crippen MR) is 77.5 cm³/mol. The van der Waals surface area contributed by atoms with Gasteiger partial charge in [0.25, 0.3) is 0 Å². The first-order valence-corrected chi connectivity index (χ1v) is 7.19. The maximum atomic E-state index is 11.0. The molecule has 0 aromatic rings. The smallest absolute Gasteiger partial charge is 0.302 e. The molecule has 0 aliphatic rings. The third-order valence-electron chi connectivity index (χ3n) is 2.73. The van der Waals surface area contributed by atoms with Crippen molar-refractivity contribution in [3.05, 3.63) is 24.3 Å². The van der Waals surface area contributed by atoms with Gasteiger partial charge in [-0.1, -0.05) is 51.0 Å². The highest BCUT2D eigenvalue weighted by Gasteiger charge is 2.10. The van der Waals surface area contributed by atoms with E-state index in [0.29, 0.717) is 0 Å². The van der Waals surface area contributed by atoms with Gasteiger partial charge in [-0.25, -0.2) is 0 Å². The Morgan fingerprint density at radius 2 is 1.78 bits per heavy atom. The summed E-state index contributed by atoms with van der Waals surface area (Å²) in [5, 5.41) is 0. The molecule has 0 bridgehead atoms. The molecule has 18 heavy (non-hydrogen) atoms. The number of allylic oxidation sites excluding steroid dienone is 4. The van der Waals surface area contributed by atoms with Crippen LogP contribution in [0, 0.1) is 0 Å². The molecule has 0 aromatic carbocycles. The third-order valence-corrected chi connectivity index (χ3v) is 2.73. The van der Waals surface area contributed by atoms with Crippen molar-refractivity contribution in [3.63, 3.8) is 0 Å². The van der Waals surface area contributed by atoms with Crippen LogP contribution in [0.15, 0.2) is 24.3 Å². The quantitative estimate of drug-likeness (QED) is 0.317. The minimum absolute atomic E-state index is 0.113. The lowest BCUT2D eigenvalue weighted by molar-refractivity contribution is -0.147. The monoisotopic (exact) mass is 252 g/mol. The summed E-state index contributed by atoms with van der Waals surface area (Å²) in [5.41, 5.74) is 0. The first-order chi connectivity index (χ1) is 8.70. The van der Waals surface area contributed by atoms with E-state index in [1.54, 1.807) is 0 Å². The van der Waals surface area contributed by atoms with Gasteiger partial charge in [0.05, 0.1) is 0 Å². The Morgan fingerprint density at radius 1 is 1.11 bits per heavy atom. The minimum Gasteiger partial charge on any atom is -0.463 e. The topological polar surface area (TPSA) is 26.3 Å². The van der Waals surface area contributed by atoms with Crippen LogP contribution < -0.4 is 0 Å². The standard InChI is InChI=1S/C16H28O2/c1-4-6-8-9-10-11-12-14-16(13-7-5-2)18-15(3)17/h6,8-10,16H,4-5,7,11-14H2,1-3H3/b8-6?,10-9+. The lowest BCUT2D eigenvalue weighted by atomic mass is 10.1. The largest absolute Gasteiger partial charge is 0.463 e. The zero-order valence-corrected chi connectivity index (χ0v) is 12.2. The molecular weight excluding hydrogens is 224 g/mol. The Labute approximate surface area is 112 Å². The Kier molecular flexibility index (Phi) is 11.7. The number of carbonyl (C=O) groups excluding carboxylic acids is 1. The minimum atomic E-state index is -0.155. The van der Waals surface area contributed by atoms with Gasteiger partial charge < -0.3 is 4.74 Å². The molecule has 0 radical (unpaired) electrons. The van der Waals surface area contributed by atoms with Crippen LogP contribution >= 0.6 is 0 Å². The summed E-state index contributed by atoms with van der Waals surface area (Å²) in [6.45, 7) is 5.78. The zero-order valence-electron chi connectivity index (χ0n) is 12.2. The highest BCUT2D eigenvalue weighted by Crippen LogP contribution is 2.13. The Hall–Kier alpha value is -1.05. The second-order valence-corrected chi connectivity index (χ2v) is 4.57. The summed E-state index contributed by atoms with van der Waals surface area (Å²) in [6.07, 6.45) is 16.1. The molecule has 0 fully saturated rings. The summed E-state index contributed by atoms with van der Waals surface area (Å²) >= 11 is 0. The van der Waals surface area contributed by atoms with Crippen LogP contribution in [0.3, 0.4) is 0 Å². The number of ether oxygens (including phenoxy) is 1. The molecule has 0 amide bonds. The van der Waals surface area contributed by atoms with E-state index >= 15 is 0 Å². The molecule has 0 heterocycles. The number of carbonyl (C=O) groups is 1. The highest BCUT2D eigenvalue weighted by atomic mass is 16.5. The van der Waals surface area contributed by atoms with Crippen molar-refractivity contribution in [1.29, 1.82) is 0 Å². The molecule has 0 aromatic heterocycles. The fourth-order valence-electron chi connectivity index (χ4n) is 1.78. The molecule has 0 saturated carbocycles. The average Bonchev–Trinajstić information content (AvgIpc) is 2.34. The van der Waals surface area contributed by atoms with Gasteiger partial charge in [0.2, 0.25) is 0 Å². The van der Waals surface area contributed by atoms with Crippen molar-refractivity contribution in [2.75, 3.05) is 0 Å². The van der Waals surface area contributed by atoms with E-state index in [2.05, 4.69) is 38.2 Å². The average molecular weight is 252 g/mol. The van der Waals surface area contributed by atoms with E-state index < -0.39 is 0 Å². The summed E-state index contributed by atoms with van der Waals surface area (Å²) in [4.78, 5) is 11.0. The van der Waals surface area contributed by atoms with E-state index in [0.717, 1.165) is 44.9 Å². The molecule has 1 atom stereocenters. The van der Waals surface area contributed by atoms with E-state index in [4.69, 9.17) is 4.74 Å². The molecule has 0 N–H and O–H groups in total. The van der Waals surface area contributed by atoms with Gasteiger partial charge in [-0.3, -0.25) is 4.79 Å². The predicted octanol–water partition coefficient (Wildman–Crippen LogP) is 4.80. The molecule has 0 aliphatic heterocycles. The van der Waals surface area contributed by atoms with Gasteiger partial charge in [0, 0.05) is 6.92 Å². The van der Waals surface area contributed by atoms with E-state index in [1.807, 2.05) is 0 Å². The van der Waals surface area contributed by atoms with Crippen molar-refractivity contribution in [2.24, 2.45) is 0 Å². The summed E-state index contributed by atoms with van der Waals surface area (Å²) in [6, 6.07) is 0. The van der Waals surface area contributed by atoms with E-state index in [9.17, 15) is 4.79 Å².